The number of carbonyl (C=O) groups excluding carboxylic acids is 1. The molecule has 0 aliphatic heterocycles. The van der Waals surface area contributed by atoms with E-state index in [-0.39, 0.29) is 10.8 Å². The van der Waals surface area contributed by atoms with Crippen molar-refractivity contribution in [3.8, 4) is 0 Å². The smallest absolute Gasteiger partial charge is 0.264 e. The molecule has 0 aliphatic carbocycles. The van der Waals surface area contributed by atoms with Crippen LogP contribution in [-0.2, 0) is 14.8 Å². The van der Waals surface area contributed by atoms with Gasteiger partial charge in [-0.2, -0.15) is 0 Å². The molecule has 0 spiro atoms. The van der Waals surface area contributed by atoms with Crippen LogP contribution in [0.25, 0.3) is 21.2 Å². The number of benzene rings is 2. The summed E-state index contributed by atoms with van der Waals surface area (Å²) in [5.74, 6) is -0.140. The topological polar surface area (TPSA) is 103 Å². The fourth-order valence-corrected chi connectivity index (χ4v) is 3.27. The van der Waals surface area contributed by atoms with E-state index >= 15 is 0 Å². The van der Waals surface area contributed by atoms with Crippen LogP contribution in [0.3, 0.4) is 0 Å². The first-order chi connectivity index (χ1) is 10.4. The summed E-state index contributed by atoms with van der Waals surface area (Å²) in [6.07, 6.45) is 0. The standard InChI is InChI=1S/C14H14N4O3S/c1-3-18(10(2)19)13-8-4-7-12-11(13)6-5-9-14(12)22(20,21)17-16-15/h4-9H,3H2,1-2H3. The molecule has 1 amide bonds. The van der Waals surface area contributed by atoms with Crippen LogP contribution in [0.5, 0.6) is 0 Å². The first-order valence-corrected chi connectivity index (χ1v) is 7.97. The van der Waals surface area contributed by atoms with Gasteiger partial charge in [0.05, 0.1) is 10.6 Å². The zero-order valence-electron chi connectivity index (χ0n) is 12.1. The van der Waals surface area contributed by atoms with Crippen LogP contribution in [-0.4, -0.2) is 20.9 Å². The molecule has 0 atom stereocenters. The Hall–Kier alpha value is -2.57. The van der Waals surface area contributed by atoms with Crippen LogP contribution >= 0.6 is 0 Å². The van der Waals surface area contributed by atoms with E-state index in [0.29, 0.717) is 23.0 Å². The molecule has 8 heteroatoms. The van der Waals surface area contributed by atoms with E-state index in [9.17, 15) is 13.2 Å². The summed E-state index contributed by atoms with van der Waals surface area (Å²) in [4.78, 5) is 15.6. The molecule has 0 heterocycles. The van der Waals surface area contributed by atoms with Gasteiger partial charge in [-0.25, -0.2) is 8.42 Å². The Bertz CT molecular complexity index is 886. The predicted molar refractivity (Wildman–Crippen MR) is 84.0 cm³/mol. The highest BCUT2D eigenvalue weighted by molar-refractivity contribution is 7.90. The van der Waals surface area contributed by atoms with Crippen molar-refractivity contribution in [1.82, 2.24) is 0 Å². The highest BCUT2D eigenvalue weighted by atomic mass is 32.2. The molecule has 2 aromatic carbocycles. The minimum absolute atomic E-state index is 0.0794. The Morgan fingerprint density at radius 1 is 1.23 bits per heavy atom. The fourth-order valence-electron chi connectivity index (χ4n) is 2.38. The average molecular weight is 318 g/mol. The van der Waals surface area contributed by atoms with E-state index in [4.69, 9.17) is 5.53 Å². The molecule has 0 saturated heterocycles. The van der Waals surface area contributed by atoms with Gasteiger partial charge in [0.15, 0.2) is 0 Å². The molecule has 0 fully saturated rings. The number of sulfonamides is 1. The molecule has 114 valence electrons. The average Bonchev–Trinajstić information content (AvgIpc) is 2.47. The first-order valence-electron chi connectivity index (χ1n) is 6.53. The minimum Gasteiger partial charge on any atom is -0.312 e. The quantitative estimate of drug-likeness (QED) is 0.491. The maximum atomic E-state index is 12.0. The summed E-state index contributed by atoms with van der Waals surface area (Å²) in [6.45, 7) is 3.74. The van der Waals surface area contributed by atoms with Crippen molar-refractivity contribution in [2.24, 2.45) is 4.52 Å². The Balaban J connectivity index is 2.82. The van der Waals surface area contributed by atoms with Crippen LogP contribution in [0, 0.1) is 0 Å². The van der Waals surface area contributed by atoms with Gasteiger partial charge in [0.2, 0.25) is 5.91 Å². The number of anilines is 1. The minimum atomic E-state index is -4.10. The molecule has 7 nitrogen and oxygen atoms in total. The predicted octanol–water partition coefficient (Wildman–Crippen LogP) is 3.21. The SMILES string of the molecule is CCN(C(C)=O)c1cccc2c(S(=O)(=O)N=[N+]=[N-])cccc12. The second-order valence-electron chi connectivity index (χ2n) is 4.54. The number of hydrogen-bond acceptors (Lipinski definition) is 3. The number of fused-ring (bicyclic) bond motifs is 1. The summed E-state index contributed by atoms with van der Waals surface area (Å²) in [7, 11) is -4.10. The fraction of sp³-hybridized carbons (Fsp3) is 0.214. The number of nitrogens with zero attached hydrogens (tertiary/aromatic N) is 4. The summed E-state index contributed by atoms with van der Waals surface area (Å²) >= 11 is 0. The van der Waals surface area contributed by atoms with E-state index in [0.717, 1.165) is 0 Å². The lowest BCUT2D eigenvalue weighted by molar-refractivity contribution is -0.116. The van der Waals surface area contributed by atoms with Crippen LogP contribution in [0.4, 0.5) is 5.69 Å². The van der Waals surface area contributed by atoms with Gasteiger partial charge >= 0.3 is 0 Å². The Morgan fingerprint density at radius 3 is 2.45 bits per heavy atom. The molecule has 2 aromatic rings. The van der Waals surface area contributed by atoms with Gasteiger partial charge < -0.3 is 4.90 Å². The summed E-state index contributed by atoms with van der Waals surface area (Å²) in [5.41, 5.74) is 9.03. The van der Waals surface area contributed by atoms with E-state index < -0.39 is 10.0 Å². The Morgan fingerprint density at radius 2 is 1.86 bits per heavy atom. The maximum absolute atomic E-state index is 12.0. The third-order valence-corrected chi connectivity index (χ3v) is 4.47. The molecule has 0 aromatic heterocycles. The van der Waals surface area contributed by atoms with E-state index in [1.165, 1.54) is 13.0 Å². The number of azide groups is 1. The van der Waals surface area contributed by atoms with Gasteiger partial charge in [-0.05, 0) is 24.6 Å². The van der Waals surface area contributed by atoms with Gasteiger partial charge in [0, 0.05) is 33.7 Å². The summed E-state index contributed by atoms with van der Waals surface area (Å²) in [6, 6.07) is 9.69. The van der Waals surface area contributed by atoms with Crippen molar-refractivity contribution in [1.29, 1.82) is 0 Å². The molecule has 22 heavy (non-hydrogen) atoms. The molecule has 0 bridgehead atoms. The molecule has 0 aliphatic rings. The number of rotatable bonds is 4. The zero-order valence-corrected chi connectivity index (χ0v) is 12.9. The number of amides is 1. The summed E-state index contributed by atoms with van der Waals surface area (Å²) < 4.78 is 26.9. The highest BCUT2D eigenvalue weighted by Crippen LogP contribution is 2.31. The van der Waals surface area contributed by atoms with Crippen molar-refractivity contribution >= 4 is 32.4 Å². The lowest BCUT2D eigenvalue weighted by Gasteiger charge is -2.21. The summed E-state index contributed by atoms with van der Waals surface area (Å²) in [5, 5.41) is 1.01. The van der Waals surface area contributed by atoms with Crippen molar-refractivity contribution < 1.29 is 13.2 Å². The van der Waals surface area contributed by atoms with Gasteiger partial charge in [-0.3, -0.25) is 4.79 Å². The van der Waals surface area contributed by atoms with Crippen LogP contribution in [0.2, 0.25) is 0 Å². The van der Waals surface area contributed by atoms with Gasteiger partial charge in [0.1, 0.15) is 0 Å². The van der Waals surface area contributed by atoms with Crippen molar-refractivity contribution in [3.05, 3.63) is 46.8 Å². The normalized spacial score (nSPS) is 11.0. The van der Waals surface area contributed by atoms with Gasteiger partial charge in [-0.1, -0.05) is 24.3 Å². The van der Waals surface area contributed by atoms with E-state index in [2.05, 4.69) is 9.43 Å². The Kier molecular flexibility index (Phi) is 4.35. The third kappa shape index (κ3) is 2.74. The molecule has 2 rings (SSSR count). The lowest BCUT2D eigenvalue weighted by Crippen LogP contribution is -2.28. The van der Waals surface area contributed by atoms with Gasteiger partial charge in [-0.15, -0.1) is 0 Å². The number of carbonyl (C=O) groups is 1. The zero-order chi connectivity index (χ0) is 16.3. The first kappa shape index (κ1) is 15.8. The molecular weight excluding hydrogens is 304 g/mol. The van der Waals surface area contributed by atoms with Crippen molar-refractivity contribution in [3.63, 3.8) is 0 Å². The van der Waals surface area contributed by atoms with Crippen LogP contribution in [0.1, 0.15) is 13.8 Å². The molecule has 0 unspecified atom stereocenters. The highest BCUT2D eigenvalue weighted by Gasteiger charge is 2.19. The lowest BCUT2D eigenvalue weighted by atomic mass is 10.1. The van der Waals surface area contributed by atoms with Crippen LogP contribution < -0.4 is 4.90 Å². The molecule has 0 N–H and O–H groups in total. The maximum Gasteiger partial charge on any atom is 0.264 e. The van der Waals surface area contributed by atoms with E-state index in [1.54, 1.807) is 35.2 Å². The molecule has 0 saturated carbocycles. The van der Waals surface area contributed by atoms with Crippen LogP contribution in [0.15, 0.2) is 45.8 Å². The van der Waals surface area contributed by atoms with Gasteiger partial charge in [0.25, 0.3) is 10.0 Å². The monoisotopic (exact) mass is 318 g/mol. The number of hydrogen-bond donors (Lipinski definition) is 0. The second-order valence-corrected chi connectivity index (χ2v) is 6.09. The largest absolute Gasteiger partial charge is 0.312 e. The second kappa shape index (κ2) is 6.05. The molecule has 0 radical (unpaired) electrons. The van der Waals surface area contributed by atoms with E-state index in [1.807, 2.05) is 6.92 Å². The Labute approximate surface area is 127 Å². The third-order valence-electron chi connectivity index (χ3n) is 3.27. The van der Waals surface area contributed by atoms with Crippen molar-refractivity contribution in [2.75, 3.05) is 11.4 Å². The molecular formula is C14H14N4O3S. The van der Waals surface area contributed by atoms with Crippen molar-refractivity contribution in [2.45, 2.75) is 18.7 Å².